The number of Topliss-reactive ketones (excluding diaryl/α,β-unsaturated/α-hetero) is 1. The van der Waals surface area contributed by atoms with Crippen LogP contribution in [0.5, 0.6) is 0 Å². The fraction of sp³-hybridized carbons (Fsp3) is 0.375. The van der Waals surface area contributed by atoms with Crippen LogP contribution in [0.2, 0.25) is 0 Å². The zero-order valence-corrected chi connectivity index (χ0v) is 11.1. The van der Waals surface area contributed by atoms with Crippen LogP contribution in [-0.4, -0.2) is 23.9 Å². The number of aromatic nitrogens is 1. The molecule has 3 heteroatoms. The second kappa shape index (κ2) is 5.10. The van der Waals surface area contributed by atoms with Crippen LogP contribution >= 0.6 is 0 Å². The summed E-state index contributed by atoms with van der Waals surface area (Å²) in [5.74, 6) is 0.823. The molecule has 98 valence electrons. The molecule has 2 atom stereocenters. The van der Waals surface area contributed by atoms with Crippen LogP contribution in [0.25, 0.3) is 10.8 Å². The first-order valence-electron chi connectivity index (χ1n) is 6.85. The van der Waals surface area contributed by atoms with Crippen molar-refractivity contribution in [3.63, 3.8) is 0 Å². The summed E-state index contributed by atoms with van der Waals surface area (Å²) in [7, 11) is 0. The molecule has 0 radical (unpaired) electrons. The maximum atomic E-state index is 12.8. The van der Waals surface area contributed by atoms with Crippen LogP contribution < -0.4 is 5.32 Å². The van der Waals surface area contributed by atoms with E-state index in [2.05, 4.69) is 17.2 Å². The number of nitrogens with one attached hydrogen (secondary N) is 1. The predicted molar refractivity (Wildman–Crippen MR) is 76.2 cm³/mol. The van der Waals surface area contributed by atoms with Gasteiger partial charge < -0.3 is 5.32 Å². The van der Waals surface area contributed by atoms with Gasteiger partial charge in [0, 0.05) is 29.3 Å². The SMILES string of the molecule is CC1CNCCC1C(=O)c1cccc2cnccc12. The molecule has 2 aromatic rings. The highest BCUT2D eigenvalue weighted by atomic mass is 16.1. The summed E-state index contributed by atoms with van der Waals surface area (Å²) in [6.45, 7) is 4.03. The Morgan fingerprint density at radius 2 is 2.26 bits per heavy atom. The summed E-state index contributed by atoms with van der Waals surface area (Å²) < 4.78 is 0. The van der Waals surface area contributed by atoms with Crippen molar-refractivity contribution >= 4 is 16.6 Å². The zero-order valence-electron chi connectivity index (χ0n) is 11.1. The Labute approximate surface area is 113 Å². The third-order valence-electron chi connectivity index (χ3n) is 4.07. The minimum atomic E-state index is 0.139. The first-order chi connectivity index (χ1) is 9.27. The van der Waals surface area contributed by atoms with Crippen molar-refractivity contribution in [2.24, 2.45) is 11.8 Å². The number of rotatable bonds is 2. The minimum Gasteiger partial charge on any atom is -0.316 e. The van der Waals surface area contributed by atoms with Gasteiger partial charge >= 0.3 is 0 Å². The number of carbonyl (C=O) groups is 1. The first kappa shape index (κ1) is 12.3. The molecule has 0 aliphatic carbocycles. The molecular formula is C16H18N2O. The number of benzene rings is 1. The standard InChI is InChI=1S/C16H18N2O/c1-11-9-17-7-5-13(11)16(19)15-4-2-3-12-10-18-8-6-14(12)15/h2-4,6,8,10-11,13,17H,5,7,9H2,1H3. The molecule has 3 nitrogen and oxygen atoms in total. The van der Waals surface area contributed by atoms with Crippen molar-refractivity contribution in [3.05, 3.63) is 42.2 Å². The van der Waals surface area contributed by atoms with Gasteiger partial charge in [0.25, 0.3) is 0 Å². The Morgan fingerprint density at radius 1 is 1.37 bits per heavy atom. The lowest BCUT2D eigenvalue weighted by Gasteiger charge is -2.28. The number of nitrogens with zero attached hydrogens (tertiary/aromatic N) is 1. The highest BCUT2D eigenvalue weighted by molar-refractivity contribution is 6.09. The Morgan fingerprint density at radius 3 is 3.11 bits per heavy atom. The van der Waals surface area contributed by atoms with E-state index >= 15 is 0 Å². The van der Waals surface area contributed by atoms with Crippen molar-refractivity contribution in [1.82, 2.24) is 10.3 Å². The number of hydrogen-bond acceptors (Lipinski definition) is 3. The average Bonchev–Trinajstić information content (AvgIpc) is 2.46. The Bertz CT molecular complexity index is 603. The molecule has 1 aliphatic rings. The highest BCUT2D eigenvalue weighted by Crippen LogP contribution is 2.27. The fourth-order valence-electron chi connectivity index (χ4n) is 2.94. The van der Waals surface area contributed by atoms with Crippen molar-refractivity contribution < 1.29 is 4.79 Å². The van der Waals surface area contributed by atoms with E-state index in [-0.39, 0.29) is 11.7 Å². The molecule has 1 fully saturated rings. The third kappa shape index (κ3) is 2.26. The van der Waals surface area contributed by atoms with Crippen molar-refractivity contribution in [2.45, 2.75) is 13.3 Å². The molecule has 0 bridgehead atoms. The first-order valence-corrected chi connectivity index (χ1v) is 6.85. The van der Waals surface area contributed by atoms with Gasteiger partial charge in [-0.3, -0.25) is 9.78 Å². The van der Waals surface area contributed by atoms with Crippen LogP contribution in [0.3, 0.4) is 0 Å². The van der Waals surface area contributed by atoms with E-state index in [0.29, 0.717) is 5.92 Å². The highest BCUT2D eigenvalue weighted by Gasteiger charge is 2.29. The number of fused-ring (bicyclic) bond motifs is 1. The van der Waals surface area contributed by atoms with Gasteiger partial charge in [0.15, 0.2) is 5.78 Å². The minimum absolute atomic E-state index is 0.139. The smallest absolute Gasteiger partial charge is 0.166 e. The van der Waals surface area contributed by atoms with Gasteiger partial charge in [0.1, 0.15) is 0 Å². The van der Waals surface area contributed by atoms with E-state index < -0.39 is 0 Å². The molecule has 0 saturated carbocycles. The van der Waals surface area contributed by atoms with E-state index in [9.17, 15) is 4.79 Å². The van der Waals surface area contributed by atoms with Crippen LogP contribution in [0.4, 0.5) is 0 Å². The van der Waals surface area contributed by atoms with Gasteiger partial charge in [0.05, 0.1) is 0 Å². The van der Waals surface area contributed by atoms with Gasteiger partial charge in [-0.2, -0.15) is 0 Å². The zero-order chi connectivity index (χ0) is 13.2. The number of ketones is 1. The second-order valence-electron chi connectivity index (χ2n) is 5.34. The van der Waals surface area contributed by atoms with Crippen molar-refractivity contribution in [1.29, 1.82) is 0 Å². The van der Waals surface area contributed by atoms with Gasteiger partial charge in [-0.25, -0.2) is 0 Å². The van der Waals surface area contributed by atoms with Crippen LogP contribution in [0.15, 0.2) is 36.7 Å². The van der Waals surface area contributed by atoms with Crippen LogP contribution in [0.1, 0.15) is 23.7 Å². The van der Waals surface area contributed by atoms with E-state index in [1.807, 2.05) is 30.5 Å². The summed E-state index contributed by atoms with van der Waals surface area (Å²) in [4.78, 5) is 16.9. The Balaban J connectivity index is 2.01. The molecule has 0 amide bonds. The van der Waals surface area contributed by atoms with Crippen molar-refractivity contribution in [3.8, 4) is 0 Å². The van der Waals surface area contributed by atoms with Gasteiger partial charge in [-0.05, 0) is 36.9 Å². The maximum Gasteiger partial charge on any atom is 0.166 e. The van der Waals surface area contributed by atoms with Gasteiger partial charge in [0.2, 0.25) is 0 Å². The molecule has 1 aromatic heterocycles. The second-order valence-corrected chi connectivity index (χ2v) is 5.34. The summed E-state index contributed by atoms with van der Waals surface area (Å²) >= 11 is 0. The molecule has 2 unspecified atom stereocenters. The quantitative estimate of drug-likeness (QED) is 0.838. The number of hydrogen-bond donors (Lipinski definition) is 1. The molecule has 0 spiro atoms. The molecule has 19 heavy (non-hydrogen) atoms. The number of pyridine rings is 1. The topological polar surface area (TPSA) is 42.0 Å². The fourth-order valence-corrected chi connectivity index (χ4v) is 2.94. The molecule has 1 saturated heterocycles. The van der Waals surface area contributed by atoms with Crippen molar-refractivity contribution in [2.75, 3.05) is 13.1 Å². The summed E-state index contributed by atoms with van der Waals surface area (Å²) in [6, 6.07) is 7.84. The van der Waals surface area contributed by atoms with Gasteiger partial charge in [-0.15, -0.1) is 0 Å². The summed E-state index contributed by atoms with van der Waals surface area (Å²) in [5.41, 5.74) is 0.846. The van der Waals surface area contributed by atoms with E-state index in [0.717, 1.165) is 35.8 Å². The summed E-state index contributed by atoms with van der Waals surface area (Å²) in [5, 5.41) is 5.40. The van der Waals surface area contributed by atoms with Crippen LogP contribution in [-0.2, 0) is 0 Å². The molecule has 1 aromatic carbocycles. The Hall–Kier alpha value is -1.74. The molecule has 3 rings (SSSR count). The average molecular weight is 254 g/mol. The van der Waals surface area contributed by atoms with E-state index in [4.69, 9.17) is 0 Å². The number of piperidine rings is 1. The lowest BCUT2D eigenvalue weighted by atomic mass is 9.81. The van der Waals surface area contributed by atoms with Gasteiger partial charge in [-0.1, -0.05) is 25.1 Å². The molecule has 1 N–H and O–H groups in total. The lowest BCUT2D eigenvalue weighted by molar-refractivity contribution is 0.0850. The largest absolute Gasteiger partial charge is 0.316 e. The maximum absolute atomic E-state index is 12.8. The normalized spacial score (nSPS) is 23.4. The third-order valence-corrected chi connectivity index (χ3v) is 4.07. The molecular weight excluding hydrogens is 236 g/mol. The monoisotopic (exact) mass is 254 g/mol. The Kier molecular flexibility index (Phi) is 3.30. The van der Waals surface area contributed by atoms with E-state index in [1.54, 1.807) is 6.20 Å². The van der Waals surface area contributed by atoms with E-state index in [1.165, 1.54) is 0 Å². The molecule has 1 aliphatic heterocycles. The number of carbonyl (C=O) groups excluding carboxylic acids is 1. The molecule has 2 heterocycles. The summed E-state index contributed by atoms with van der Waals surface area (Å²) in [6.07, 6.45) is 4.50. The van der Waals surface area contributed by atoms with Crippen LogP contribution in [0, 0.1) is 11.8 Å². The lowest BCUT2D eigenvalue weighted by Crippen LogP contribution is -2.38. The predicted octanol–water partition coefficient (Wildman–Crippen LogP) is 2.66.